The molecule has 0 radical (unpaired) electrons. The molecule has 0 unspecified atom stereocenters. The number of esters is 1. The Morgan fingerprint density at radius 3 is 2.26 bits per heavy atom. The van der Waals surface area contributed by atoms with E-state index in [1.807, 2.05) is 6.07 Å². The van der Waals surface area contributed by atoms with Crippen LogP contribution in [0.15, 0.2) is 30.3 Å². The number of benzene rings is 1. The third kappa shape index (κ3) is 5.67. The van der Waals surface area contributed by atoms with Crippen molar-refractivity contribution < 1.29 is 32.7 Å². The smallest absolute Gasteiger partial charge is 0.408 e. The average Bonchev–Trinajstić information content (AvgIpc) is 2.58. The van der Waals surface area contributed by atoms with Gasteiger partial charge in [0.2, 0.25) is 5.78 Å². The van der Waals surface area contributed by atoms with Gasteiger partial charge in [-0.3, -0.25) is 9.88 Å². The molecule has 128 valence electrons. The quantitative estimate of drug-likeness (QED) is 0.570. The van der Waals surface area contributed by atoms with Gasteiger partial charge in [0.05, 0.1) is 6.61 Å². The Kier molecular flexibility index (Phi) is 7.74. The van der Waals surface area contributed by atoms with Crippen molar-refractivity contribution in [3.8, 4) is 0 Å². The highest BCUT2D eigenvalue weighted by Gasteiger charge is 2.42. The number of alkyl carbamates (subject to hydrolysis) is 1. The monoisotopic (exact) mass is 345 g/mol. The van der Waals surface area contributed by atoms with Crippen LogP contribution in [0.25, 0.3) is 0 Å². The van der Waals surface area contributed by atoms with Crippen LogP contribution in [0.2, 0.25) is 0 Å². The first-order chi connectivity index (χ1) is 11.0. The maximum atomic E-state index is 12.4. The molecule has 9 heteroatoms. The lowest BCUT2D eigenvalue weighted by molar-refractivity contribution is -0.143. The summed E-state index contributed by atoms with van der Waals surface area (Å²) in [6, 6.07) is 8.95. The summed E-state index contributed by atoms with van der Waals surface area (Å²) in [5.41, 5.74) is 0.761. The third-order valence-corrected chi connectivity index (χ3v) is 4.79. The molecule has 23 heavy (non-hydrogen) atoms. The standard InChI is InChI=1S/C14H20NO7P/c1-4-21-13(16)12(23(18,19-2)20-3)15-14(17)22-10-11-8-6-5-7-9-11/h5-9,12H,4,10H2,1-3H3,(H,15,17)/t12-/m1/s1. The summed E-state index contributed by atoms with van der Waals surface area (Å²) in [6.07, 6.45) is -0.943. The normalized spacial score (nSPS) is 12.3. The van der Waals surface area contributed by atoms with Gasteiger partial charge in [-0.2, -0.15) is 0 Å². The van der Waals surface area contributed by atoms with Gasteiger partial charge in [-0.1, -0.05) is 30.3 Å². The van der Waals surface area contributed by atoms with Crippen LogP contribution < -0.4 is 5.32 Å². The van der Waals surface area contributed by atoms with E-state index >= 15 is 0 Å². The van der Waals surface area contributed by atoms with Crippen molar-refractivity contribution in [1.29, 1.82) is 0 Å². The zero-order chi connectivity index (χ0) is 17.3. The Labute approximate surface area is 134 Å². The van der Waals surface area contributed by atoms with Gasteiger partial charge in [-0.15, -0.1) is 0 Å². The van der Waals surface area contributed by atoms with E-state index in [0.29, 0.717) is 0 Å². The topological polar surface area (TPSA) is 100 Å². The second-order valence-electron chi connectivity index (χ2n) is 4.27. The minimum absolute atomic E-state index is 0.00746. The molecule has 0 saturated carbocycles. The van der Waals surface area contributed by atoms with Gasteiger partial charge in [0.15, 0.2) is 0 Å². The summed E-state index contributed by atoms with van der Waals surface area (Å²) >= 11 is 0. The number of amides is 1. The highest BCUT2D eigenvalue weighted by atomic mass is 31.2. The largest absolute Gasteiger partial charge is 0.464 e. The van der Waals surface area contributed by atoms with E-state index in [4.69, 9.17) is 18.5 Å². The van der Waals surface area contributed by atoms with E-state index in [1.165, 1.54) is 0 Å². The molecule has 8 nitrogen and oxygen atoms in total. The SMILES string of the molecule is CCOC(=O)[C@H](NC(=O)OCc1ccccc1)P(=O)(OC)OC. The van der Waals surface area contributed by atoms with Gasteiger partial charge >= 0.3 is 19.7 Å². The molecule has 0 fully saturated rings. The van der Waals surface area contributed by atoms with Crippen LogP contribution in [0.5, 0.6) is 0 Å². The molecule has 0 aliphatic carbocycles. The predicted molar refractivity (Wildman–Crippen MR) is 81.8 cm³/mol. The Balaban J connectivity index is 2.74. The van der Waals surface area contributed by atoms with Gasteiger partial charge in [0.25, 0.3) is 0 Å². The fourth-order valence-corrected chi connectivity index (χ4v) is 2.82. The van der Waals surface area contributed by atoms with E-state index in [1.54, 1.807) is 31.2 Å². The zero-order valence-corrected chi connectivity index (χ0v) is 14.1. The summed E-state index contributed by atoms with van der Waals surface area (Å²) in [7, 11) is -1.70. The van der Waals surface area contributed by atoms with Crippen LogP contribution in [0.4, 0.5) is 4.79 Å². The van der Waals surface area contributed by atoms with Gasteiger partial charge < -0.3 is 18.5 Å². The zero-order valence-electron chi connectivity index (χ0n) is 13.2. The highest BCUT2D eigenvalue weighted by Crippen LogP contribution is 2.50. The van der Waals surface area contributed by atoms with Crippen molar-refractivity contribution in [2.45, 2.75) is 19.3 Å². The average molecular weight is 345 g/mol. The third-order valence-electron chi connectivity index (χ3n) is 2.80. The van der Waals surface area contributed by atoms with E-state index in [-0.39, 0.29) is 13.2 Å². The minimum atomic E-state index is -3.91. The van der Waals surface area contributed by atoms with Crippen LogP contribution in [0.1, 0.15) is 12.5 Å². The van der Waals surface area contributed by atoms with Gasteiger partial charge in [0.1, 0.15) is 6.61 Å². The molecule has 1 aromatic carbocycles. The maximum Gasteiger partial charge on any atom is 0.408 e. The van der Waals surface area contributed by atoms with Crippen molar-refractivity contribution >= 4 is 19.7 Å². The van der Waals surface area contributed by atoms with Crippen molar-refractivity contribution in [3.63, 3.8) is 0 Å². The molecule has 0 saturated heterocycles. The molecule has 1 amide bonds. The number of hydrogen-bond acceptors (Lipinski definition) is 7. The molecular formula is C14H20NO7P. The number of ether oxygens (including phenoxy) is 2. The molecule has 0 spiro atoms. The van der Waals surface area contributed by atoms with Crippen molar-refractivity contribution in [1.82, 2.24) is 5.32 Å². The molecule has 0 aromatic heterocycles. The summed E-state index contributed by atoms with van der Waals surface area (Å²) < 4.78 is 31.6. The Morgan fingerprint density at radius 1 is 1.13 bits per heavy atom. The molecule has 0 heterocycles. The van der Waals surface area contributed by atoms with Crippen LogP contribution in [-0.4, -0.2) is 38.7 Å². The molecule has 1 aromatic rings. The Morgan fingerprint density at radius 2 is 1.74 bits per heavy atom. The van der Waals surface area contributed by atoms with Gasteiger partial charge in [0, 0.05) is 14.2 Å². The number of rotatable bonds is 8. The first-order valence-corrected chi connectivity index (χ1v) is 8.43. The number of carbonyl (C=O) groups excluding carboxylic acids is 2. The highest BCUT2D eigenvalue weighted by molar-refractivity contribution is 7.55. The number of carbonyl (C=O) groups is 2. The lowest BCUT2D eigenvalue weighted by Crippen LogP contribution is -2.42. The first kappa shape index (κ1) is 19.2. The van der Waals surface area contributed by atoms with E-state index in [0.717, 1.165) is 19.8 Å². The summed E-state index contributed by atoms with van der Waals surface area (Å²) in [4.78, 5) is 23.7. The van der Waals surface area contributed by atoms with E-state index < -0.39 is 25.4 Å². The number of nitrogens with one attached hydrogen (secondary N) is 1. The molecular weight excluding hydrogens is 325 g/mol. The van der Waals surface area contributed by atoms with Crippen LogP contribution in [-0.2, 0) is 34.5 Å². The molecule has 0 bridgehead atoms. The molecule has 0 aliphatic rings. The fourth-order valence-electron chi connectivity index (χ4n) is 1.65. The molecule has 1 rings (SSSR count). The van der Waals surface area contributed by atoms with Crippen LogP contribution in [0.3, 0.4) is 0 Å². The molecule has 1 atom stereocenters. The second kappa shape index (κ2) is 9.29. The van der Waals surface area contributed by atoms with Crippen molar-refractivity contribution in [2.75, 3.05) is 20.8 Å². The van der Waals surface area contributed by atoms with Crippen LogP contribution in [0, 0.1) is 0 Å². The summed E-state index contributed by atoms with van der Waals surface area (Å²) in [5.74, 6) is -2.54. The Bertz CT molecular complexity index is 556. The second-order valence-corrected chi connectivity index (χ2v) is 6.59. The van der Waals surface area contributed by atoms with Gasteiger partial charge in [-0.25, -0.2) is 9.59 Å². The first-order valence-electron chi connectivity index (χ1n) is 6.81. The van der Waals surface area contributed by atoms with Crippen molar-refractivity contribution in [2.24, 2.45) is 0 Å². The maximum absolute atomic E-state index is 12.4. The Hall–Kier alpha value is -1.89. The molecule has 1 N–H and O–H groups in total. The summed E-state index contributed by atoms with van der Waals surface area (Å²) in [6.45, 7) is 1.61. The van der Waals surface area contributed by atoms with E-state index in [2.05, 4.69) is 5.32 Å². The van der Waals surface area contributed by atoms with Crippen LogP contribution >= 0.6 is 7.60 Å². The van der Waals surface area contributed by atoms with E-state index in [9.17, 15) is 14.2 Å². The van der Waals surface area contributed by atoms with Crippen molar-refractivity contribution in [3.05, 3.63) is 35.9 Å². The minimum Gasteiger partial charge on any atom is -0.464 e. The predicted octanol–water partition coefficient (Wildman–Crippen LogP) is 2.29. The fraction of sp³-hybridized carbons (Fsp3) is 0.429. The lowest BCUT2D eigenvalue weighted by Gasteiger charge is -2.23. The van der Waals surface area contributed by atoms with Gasteiger partial charge in [-0.05, 0) is 12.5 Å². The lowest BCUT2D eigenvalue weighted by atomic mass is 10.2. The molecule has 0 aliphatic heterocycles. The number of hydrogen-bond donors (Lipinski definition) is 1. The summed E-state index contributed by atoms with van der Waals surface area (Å²) in [5, 5.41) is 2.17.